The first-order valence-electron chi connectivity index (χ1n) is 6.01. The molecule has 0 heterocycles. The van der Waals surface area contributed by atoms with Crippen LogP contribution in [-0.4, -0.2) is 0 Å². The predicted molar refractivity (Wildman–Crippen MR) is 63.9 cm³/mol. The minimum absolute atomic E-state index is 0.173. The summed E-state index contributed by atoms with van der Waals surface area (Å²) in [6.45, 7) is 6.22. The summed E-state index contributed by atoms with van der Waals surface area (Å²) in [5.41, 5.74) is 0.228. The van der Waals surface area contributed by atoms with E-state index >= 15 is 0 Å². The van der Waals surface area contributed by atoms with Gasteiger partial charge in [-0.3, -0.25) is 0 Å². The van der Waals surface area contributed by atoms with Gasteiger partial charge in [-0.05, 0) is 29.9 Å². The Bertz CT molecular complexity index is 355. The molecule has 1 unspecified atom stereocenters. The summed E-state index contributed by atoms with van der Waals surface area (Å²) >= 11 is 0. The van der Waals surface area contributed by atoms with Crippen LogP contribution in [0.2, 0.25) is 0 Å². The van der Waals surface area contributed by atoms with Crippen molar-refractivity contribution in [3.8, 4) is 0 Å². The lowest BCUT2D eigenvalue weighted by atomic mass is 9.89. The maximum atomic E-state index is 12.6. The van der Waals surface area contributed by atoms with E-state index in [-0.39, 0.29) is 5.92 Å². The van der Waals surface area contributed by atoms with Gasteiger partial charge in [0.15, 0.2) is 0 Å². The quantitative estimate of drug-likeness (QED) is 0.679. The molecule has 3 heteroatoms. The third-order valence-corrected chi connectivity index (χ3v) is 3.24. The molecule has 1 rings (SSSR count). The van der Waals surface area contributed by atoms with E-state index in [1.165, 1.54) is 12.1 Å². The summed E-state index contributed by atoms with van der Waals surface area (Å²) in [5.74, 6) is 0.715. The molecule has 0 saturated heterocycles. The number of halogens is 3. The molecule has 96 valence electrons. The average molecular weight is 244 g/mol. The normalized spacial score (nSPS) is 15.6. The van der Waals surface area contributed by atoms with Crippen LogP contribution >= 0.6 is 0 Å². The van der Waals surface area contributed by atoms with Crippen molar-refractivity contribution < 1.29 is 13.2 Å². The lowest BCUT2D eigenvalue weighted by Crippen LogP contribution is -2.07. The molecule has 0 spiro atoms. The molecule has 0 aliphatic heterocycles. The van der Waals surface area contributed by atoms with Gasteiger partial charge < -0.3 is 0 Å². The molecule has 0 aliphatic carbocycles. The number of alkyl halides is 3. The Morgan fingerprint density at radius 1 is 1.18 bits per heavy atom. The molecule has 0 amide bonds. The number of rotatable bonds is 4. The highest BCUT2D eigenvalue weighted by atomic mass is 19.4. The molecule has 1 aromatic rings. The maximum absolute atomic E-state index is 12.6. The molecular formula is C14H19F3. The fraction of sp³-hybridized carbons (Fsp3) is 0.571. The molecule has 17 heavy (non-hydrogen) atoms. The van der Waals surface area contributed by atoms with E-state index in [1.54, 1.807) is 6.07 Å². The number of hydrogen-bond donors (Lipinski definition) is 0. The summed E-state index contributed by atoms with van der Waals surface area (Å²) in [7, 11) is 0. The van der Waals surface area contributed by atoms with E-state index in [9.17, 15) is 13.2 Å². The van der Waals surface area contributed by atoms with Crippen LogP contribution in [0.3, 0.4) is 0 Å². The zero-order valence-electron chi connectivity index (χ0n) is 10.5. The van der Waals surface area contributed by atoms with E-state index in [4.69, 9.17) is 0 Å². The van der Waals surface area contributed by atoms with E-state index in [0.29, 0.717) is 5.92 Å². The van der Waals surface area contributed by atoms with Crippen LogP contribution in [0.15, 0.2) is 24.3 Å². The van der Waals surface area contributed by atoms with Gasteiger partial charge in [0.05, 0.1) is 5.56 Å². The van der Waals surface area contributed by atoms with E-state index in [1.807, 2.05) is 6.92 Å². The van der Waals surface area contributed by atoms with Crippen molar-refractivity contribution in [1.82, 2.24) is 0 Å². The molecule has 0 N–H and O–H groups in total. The van der Waals surface area contributed by atoms with Gasteiger partial charge in [0.25, 0.3) is 0 Å². The fourth-order valence-corrected chi connectivity index (χ4v) is 1.93. The Balaban J connectivity index is 2.84. The zero-order valence-corrected chi connectivity index (χ0v) is 10.5. The van der Waals surface area contributed by atoms with Crippen LogP contribution in [0, 0.1) is 5.92 Å². The molecule has 0 bridgehead atoms. The summed E-state index contributed by atoms with van der Waals surface area (Å²) in [5, 5.41) is 0. The van der Waals surface area contributed by atoms with Crippen molar-refractivity contribution >= 4 is 0 Å². The Hall–Kier alpha value is -0.990. The van der Waals surface area contributed by atoms with Gasteiger partial charge in [-0.2, -0.15) is 13.2 Å². The zero-order chi connectivity index (χ0) is 13.1. The van der Waals surface area contributed by atoms with Gasteiger partial charge in [-0.25, -0.2) is 0 Å². The lowest BCUT2D eigenvalue weighted by Gasteiger charge is -2.17. The van der Waals surface area contributed by atoms with Gasteiger partial charge in [-0.1, -0.05) is 45.4 Å². The van der Waals surface area contributed by atoms with Crippen molar-refractivity contribution in [2.75, 3.05) is 0 Å². The second kappa shape index (κ2) is 5.56. The molecule has 0 fully saturated rings. The molecule has 0 saturated carbocycles. The van der Waals surface area contributed by atoms with Crippen molar-refractivity contribution in [3.05, 3.63) is 35.4 Å². The minimum Gasteiger partial charge on any atom is -0.166 e. The average Bonchev–Trinajstić information content (AvgIpc) is 2.28. The largest absolute Gasteiger partial charge is 0.416 e. The van der Waals surface area contributed by atoms with Crippen molar-refractivity contribution in [3.63, 3.8) is 0 Å². The SMILES string of the molecule is CCC(C)C[C@H](C)c1cccc(C(F)(F)F)c1. The van der Waals surface area contributed by atoms with E-state index < -0.39 is 11.7 Å². The van der Waals surface area contributed by atoms with Gasteiger partial charge >= 0.3 is 6.18 Å². The number of benzene rings is 1. The Morgan fingerprint density at radius 2 is 1.82 bits per heavy atom. The molecule has 2 atom stereocenters. The molecule has 0 nitrogen and oxygen atoms in total. The fourth-order valence-electron chi connectivity index (χ4n) is 1.93. The van der Waals surface area contributed by atoms with Crippen LogP contribution in [0.25, 0.3) is 0 Å². The monoisotopic (exact) mass is 244 g/mol. The lowest BCUT2D eigenvalue weighted by molar-refractivity contribution is -0.137. The summed E-state index contributed by atoms with van der Waals surface area (Å²) in [4.78, 5) is 0. The topological polar surface area (TPSA) is 0 Å². The third kappa shape index (κ3) is 4.06. The Morgan fingerprint density at radius 3 is 2.35 bits per heavy atom. The third-order valence-electron chi connectivity index (χ3n) is 3.24. The van der Waals surface area contributed by atoms with Crippen molar-refractivity contribution in [2.45, 2.75) is 45.7 Å². The molecule has 0 radical (unpaired) electrons. The Labute approximate surface area is 101 Å². The molecular weight excluding hydrogens is 225 g/mol. The van der Waals surface area contributed by atoms with Crippen LogP contribution in [0.5, 0.6) is 0 Å². The first-order valence-corrected chi connectivity index (χ1v) is 6.01. The summed E-state index contributed by atoms with van der Waals surface area (Å²) in [6.07, 6.45) is -2.26. The highest BCUT2D eigenvalue weighted by Crippen LogP contribution is 2.32. The first kappa shape index (κ1) is 14.1. The highest BCUT2D eigenvalue weighted by molar-refractivity contribution is 5.27. The summed E-state index contributed by atoms with van der Waals surface area (Å²) in [6, 6.07) is 5.67. The minimum atomic E-state index is -4.24. The van der Waals surface area contributed by atoms with Crippen LogP contribution in [0.4, 0.5) is 13.2 Å². The molecule has 0 aromatic heterocycles. The second-order valence-corrected chi connectivity index (χ2v) is 4.77. The maximum Gasteiger partial charge on any atom is 0.416 e. The van der Waals surface area contributed by atoms with Crippen LogP contribution < -0.4 is 0 Å². The number of hydrogen-bond acceptors (Lipinski definition) is 0. The van der Waals surface area contributed by atoms with Gasteiger partial charge in [-0.15, -0.1) is 0 Å². The van der Waals surface area contributed by atoms with E-state index in [2.05, 4.69) is 13.8 Å². The standard InChI is InChI=1S/C14H19F3/c1-4-10(2)8-11(3)12-6-5-7-13(9-12)14(15,16)17/h5-7,9-11H,4,8H2,1-3H3/t10?,11-/m0/s1. The van der Waals surface area contributed by atoms with Crippen LogP contribution in [0.1, 0.15) is 50.7 Å². The van der Waals surface area contributed by atoms with Crippen LogP contribution in [-0.2, 0) is 6.18 Å². The Kier molecular flexibility index (Phi) is 4.61. The second-order valence-electron chi connectivity index (χ2n) is 4.77. The van der Waals surface area contributed by atoms with Gasteiger partial charge in [0, 0.05) is 0 Å². The first-order chi connectivity index (χ1) is 7.84. The van der Waals surface area contributed by atoms with Gasteiger partial charge in [0.1, 0.15) is 0 Å². The molecule has 0 aliphatic rings. The smallest absolute Gasteiger partial charge is 0.166 e. The van der Waals surface area contributed by atoms with Crippen molar-refractivity contribution in [1.29, 1.82) is 0 Å². The van der Waals surface area contributed by atoms with Gasteiger partial charge in [0.2, 0.25) is 0 Å². The highest BCUT2D eigenvalue weighted by Gasteiger charge is 2.30. The van der Waals surface area contributed by atoms with Crippen molar-refractivity contribution in [2.24, 2.45) is 5.92 Å². The predicted octanol–water partition coefficient (Wildman–Crippen LogP) is 5.25. The molecule has 1 aromatic carbocycles. The summed E-state index contributed by atoms with van der Waals surface area (Å²) < 4.78 is 37.7. The van der Waals surface area contributed by atoms with E-state index in [0.717, 1.165) is 24.5 Å².